The number of hydrogen-bond donors (Lipinski definition) is 1. The minimum Gasteiger partial charge on any atom is -0.324 e. The Morgan fingerprint density at radius 1 is 1.16 bits per heavy atom. The number of carbonyl (C=O) groups excluding carboxylic acids is 1. The molecule has 0 saturated heterocycles. The van der Waals surface area contributed by atoms with Gasteiger partial charge in [0, 0.05) is 17.2 Å². The van der Waals surface area contributed by atoms with Gasteiger partial charge in [0.2, 0.25) is 0 Å². The van der Waals surface area contributed by atoms with Gasteiger partial charge in [0.1, 0.15) is 5.82 Å². The molecule has 0 radical (unpaired) electrons. The second-order valence-corrected chi connectivity index (χ2v) is 4.22. The highest BCUT2D eigenvalue weighted by Crippen LogP contribution is 2.19. The second kappa shape index (κ2) is 6.45. The summed E-state index contributed by atoms with van der Waals surface area (Å²) in [5.74, 6) is -0.624. The van der Waals surface area contributed by atoms with Crippen molar-refractivity contribution in [3.63, 3.8) is 0 Å². The van der Waals surface area contributed by atoms with Gasteiger partial charge in [-0.2, -0.15) is 0 Å². The van der Waals surface area contributed by atoms with Crippen LogP contribution in [0.2, 0.25) is 0 Å². The molecular weight excluding hydrogens is 265 g/mol. The maximum Gasteiger partial charge on any atom is 0.193 e. The summed E-state index contributed by atoms with van der Waals surface area (Å²) in [6, 6.07) is 12.6. The van der Waals surface area contributed by atoms with E-state index in [0.717, 1.165) is 5.56 Å². The molecule has 0 unspecified atom stereocenters. The number of hydrogen-bond acceptors (Lipinski definition) is 2. The standard InChI is InChI=1S/C15H14FNO.ClH/c1-10(17)13-7-2-3-8-14(13)15(18)11-5-4-6-12(16)9-11;/h2-10H,17H2,1H3;1H/t10-;/m0./s1. The molecule has 0 aliphatic heterocycles. The van der Waals surface area contributed by atoms with E-state index < -0.39 is 5.82 Å². The molecule has 100 valence electrons. The number of ketones is 1. The van der Waals surface area contributed by atoms with Gasteiger partial charge in [-0.25, -0.2) is 4.39 Å². The Bertz CT molecular complexity index is 584. The zero-order valence-corrected chi connectivity index (χ0v) is 11.3. The molecule has 2 N–H and O–H groups in total. The largest absolute Gasteiger partial charge is 0.324 e. The molecule has 0 saturated carbocycles. The molecule has 0 amide bonds. The zero-order chi connectivity index (χ0) is 13.1. The van der Waals surface area contributed by atoms with E-state index in [0.29, 0.717) is 11.1 Å². The molecule has 19 heavy (non-hydrogen) atoms. The lowest BCUT2D eigenvalue weighted by molar-refractivity contribution is 0.103. The van der Waals surface area contributed by atoms with Gasteiger partial charge in [0.15, 0.2) is 5.78 Å². The first kappa shape index (κ1) is 15.3. The van der Waals surface area contributed by atoms with E-state index in [1.807, 2.05) is 19.1 Å². The van der Waals surface area contributed by atoms with Gasteiger partial charge in [-0.3, -0.25) is 4.79 Å². The van der Waals surface area contributed by atoms with Crippen LogP contribution in [0.1, 0.15) is 34.5 Å². The van der Waals surface area contributed by atoms with Gasteiger partial charge < -0.3 is 5.73 Å². The van der Waals surface area contributed by atoms with Gasteiger partial charge in [-0.1, -0.05) is 36.4 Å². The van der Waals surface area contributed by atoms with E-state index in [9.17, 15) is 9.18 Å². The van der Waals surface area contributed by atoms with Crippen molar-refractivity contribution < 1.29 is 9.18 Å². The quantitative estimate of drug-likeness (QED) is 0.874. The second-order valence-electron chi connectivity index (χ2n) is 4.22. The van der Waals surface area contributed by atoms with E-state index in [-0.39, 0.29) is 24.2 Å². The molecule has 0 bridgehead atoms. The third-order valence-electron chi connectivity index (χ3n) is 2.78. The molecule has 0 spiro atoms. The van der Waals surface area contributed by atoms with Crippen LogP contribution in [-0.4, -0.2) is 5.78 Å². The Morgan fingerprint density at radius 3 is 2.47 bits per heavy atom. The fourth-order valence-electron chi connectivity index (χ4n) is 1.89. The van der Waals surface area contributed by atoms with Crippen molar-refractivity contribution in [1.29, 1.82) is 0 Å². The van der Waals surface area contributed by atoms with Crippen LogP contribution >= 0.6 is 12.4 Å². The minimum atomic E-state index is -0.417. The van der Waals surface area contributed by atoms with Crippen LogP contribution in [0.15, 0.2) is 48.5 Å². The van der Waals surface area contributed by atoms with E-state index in [2.05, 4.69) is 0 Å². The molecule has 2 aromatic rings. The van der Waals surface area contributed by atoms with Gasteiger partial charge in [0.25, 0.3) is 0 Å². The first-order valence-corrected chi connectivity index (χ1v) is 5.74. The third-order valence-corrected chi connectivity index (χ3v) is 2.78. The summed E-state index contributed by atoms with van der Waals surface area (Å²) in [6.07, 6.45) is 0. The van der Waals surface area contributed by atoms with Crippen LogP contribution in [0.4, 0.5) is 4.39 Å². The van der Waals surface area contributed by atoms with Gasteiger partial charge >= 0.3 is 0 Å². The smallest absolute Gasteiger partial charge is 0.193 e. The Morgan fingerprint density at radius 2 is 1.84 bits per heavy atom. The maximum atomic E-state index is 13.1. The number of benzene rings is 2. The number of carbonyl (C=O) groups is 1. The molecule has 4 heteroatoms. The maximum absolute atomic E-state index is 13.1. The third kappa shape index (κ3) is 3.40. The average molecular weight is 280 g/mol. The van der Waals surface area contributed by atoms with Crippen LogP contribution in [0.3, 0.4) is 0 Å². The monoisotopic (exact) mass is 279 g/mol. The topological polar surface area (TPSA) is 43.1 Å². The summed E-state index contributed by atoms with van der Waals surface area (Å²) < 4.78 is 13.1. The summed E-state index contributed by atoms with van der Waals surface area (Å²) in [5.41, 5.74) is 7.47. The summed E-state index contributed by atoms with van der Waals surface area (Å²) in [7, 11) is 0. The lowest BCUT2D eigenvalue weighted by Crippen LogP contribution is -2.12. The fourth-order valence-corrected chi connectivity index (χ4v) is 1.89. The lowest BCUT2D eigenvalue weighted by Gasteiger charge is -2.11. The van der Waals surface area contributed by atoms with Crippen LogP contribution in [-0.2, 0) is 0 Å². The lowest BCUT2D eigenvalue weighted by atomic mass is 9.95. The molecule has 2 rings (SSSR count). The normalized spacial score (nSPS) is 11.5. The minimum absolute atomic E-state index is 0. The van der Waals surface area contributed by atoms with Crippen LogP contribution in [0.25, 0.3) is 0 Å². The van der Waals surface area contributed by atoms with Crippen molar-refractivity contribution in [1.82, 2.24) is 0 Å². The Hall–Kier alpha value is -1.71. The fraction of sp³-hybridized carbons (Fsp3) is 0.133. The molecule has 0 aromatic heterocycles. The molecule has 0 aliphatic rings. The summed E-state index contributed by atoms with van der Waals surface area (Å²) >= 11 is 0. The highest BCUT2D eigenvalue weighted by Gasteiger charge is 2.15. The van der Waals surface area contributed by atoms with Gasteiger partial charge in [-0.15, -0.1) is 12.4 Å². The van der Waals surface area contributed by atoms with Gasteiger partial charge in [0.05, 0.1) is 0 Å². The van der Waals surface area contributed by atoms with Crippen LogP contribution in [0, 0.1) is 5.82 Å². The predicted octanol–water partition coefficient (Wildman–Crippen LogP) is 3.50. The van der Waals surface area contributed by atoms with Crippen molar-refractivity contribution in [2.75, 3.05) is 0 Å². The molecule has 2 aromatic carbocycles. The van der Waals surface area contributed by atoms with E-state index >= 15 is 0 Å². The van der Waals surface area contributed by atoms with Crippen molar-refractivity contribution in [3.05, 3.63) is 71.0 Å². The summed E-state index contributed by atoms with van der Waals surface area (Å²) in [6.45, 7) is 1.82. The number of halogens is 2. The summed E-state index contributed by atoms with van der Waals surface area (Å²) in [5, 5.41) is 0. The molecule has 0 fully saturated rings. The van der Waals surface area contributed by atoms with Crippen molar-refractivity contribution in [3.8, 4) is 0 Å². The number of nitrogens with two attached hydrogens (primary N) is 1. The van der Waals surface area contributed by atoms with E-state index in [4.69, 9.17) is 5.73 Å². The van der Waals surface area contributed by atoms with Crippen LogP contribution in [0.5, 0.6) is 0 Å². The first-order chi connectivity index (χ1) is 8.59. The number of rotatable bonds is 3. The zero-order valence-electron chi connectivity index (χ0n) is 10.5. The molecule has 0 heterocycles. The molecule has 2 nitrogen and oxygen atoms in total. The van der Waals surface area contributed by atoms with Crippen LogP contribution < -0.4 is 5.73 Å². The highest BCUT2D eigenvalue weighted by atomic mass is 35.5. The Balaban J connectivity index is 0.00000180. The Labute approximate surface area is 117 Å². The Kier molecular flexibility index (Phi) is 5.21. The predicted molar refractivity (Wildman–Crippen MR) is 76.1 cm³/mol. The van der Waals surface area contributed by atoms with E-state index in [1.165, 1.54) is 18.2 Å². The molecule has 1 atom stereocenters. The average Bonchev–Trinajstić information content (AvgIpc) is 2.38. The SMILES string of the molecule is C[C@H](N)c1ccccc1C(=O)c1cccc(F)c1.Cl. The van der Waals surface area contributed by atoms with Crippen molar-refractivity contribution >= 4 is 18.2 Å². The molecular formula is C15H15ClFNO. The van der Waals surface area contributed by atoms with E-state index in [1.54, 1.807) is 18.2 Å². The highest BCUT2D eigenvalue weighted by molar-refractivity contribution is 6.10. The molecule has 0 aliphatic carbocycles. The van der Waals surface area contributed by atoms with Crippen molar-refractivity contribution in [2.45, 2.75) is 13.0 Å². The summed E-state index contributed by atoms with van der Waals surface area (Å²) in [4.78, 5) is 12.3. The van der Waals surface area contributed by atoms with Gasteiger partial charge in [-0.05, 0) is 24.6 Å². The van der Waals surface area contributed by atoms with Crippen molar-refractivity contribution in [2.24, 2.45) is 5.73 Å². The first-order valence-electron chi connectivity index (χ1n) is 5.74.